The quantitative estimate of drug-likeness (QED) is 0.852. The van der Waals surface area contributed by atoms with Gasteiger partial charge in [0.25, 0.3) is 5.91 Å². The summed E-state index contributed by atoms with van der Waals surface area (Å²) in [5.74, 6) is 0.554. The molecular weight excluding hydrogens is 250 g/mol. The van der Waals surface area contributed by atoms with Crippen LogP contribution in [0.3, 0.4) is 0 Å². The van der Waals surface area contributed by atoms with Crippen molar-refractivity contribution in [2.24, 2.45) is 0 Å². The molecule has 1 unspecified atom stereocenters. The average molecular weight is 263 g/mol. The molecule has 3 rings (SSSR count). The summed E-state index contributed by atoms with van der Waals surface area (Å²) >= 11 is 0. The molecule has 1 aliphatic rings. The van der Waals surface area contributed by atoms with Crippen LogP contribution in [-0.2, 0) is 0 Å². The number of carbonyl (C=O) groups excluding carboxylic acids is 1. The monoisotopic (exact) mass is 263 g/mol. The molecule has 1 amide bonds. The van der Waals surface area contributed by atoms with Crippen molar-refractivity contribution < 1.29 is 13.7 Å². The molecule has 1 atom stereocenters. The molecule has 3 heterocycles. The second-order valence-corrected chi connectivity index (χ2v) is 4.34. The summed E-state index contributed by atoms with van der Waals surface area (Å²) in [7, 11) is 0. The third-order valence-corrected chi connectivity index (χ3v) is 3.01. The maximum absolute atomic E-state index is 11.9. The van der Waals surface area contributed by atoms with Crippen LogP contribution in [0.15, 0.2) is 15.1 Å². The molecule has 2 aromatic heterocycles. The largest absolute Gasteiger partial charge is 0.406 e. The van der Waals surface area contributed by atoms with Crippen molar-refractivity contribution in [1.29, 1.82) is 0 Å². The van der Waals surface area contributed by atoms with Crippen LogP contribution in [0.5, 0.6) is 0 Å². The Balaban J connectivity index is 1.70. The number of aromatic nitrogens is 3. The number of nitrogens with one attached hydrogen (secondary N) is 2. The van der Waals surface area contributed by atoms with Gasteiger partial charge in [-0.2, -0.15) is 0 Å². The minimum Gasteiger partial charge on any atom is -0.406 e. The topological polar surface area (TPSA) is 106 Å². The van der Waals surface area contributed by atoms with Gasteiger partial charge in [-0.25, -0.2) is 0 Å². The Hall–Kier alpha value is -2.22. The van der Waals surface area contributed by atoms with E-state index in [9.17, 15) is 4.79 Å². The fourth-order valence-corrected chi connectivity index (χ4v) is 2.00. The molecule has 8 nitrogen and oxygen atoms in total. The van der Waals surface area contributed by atoms with Crippen molar-refractivity contribution in [3.8, 4) is 0 Å². The van der Waals surface area contributed by atoms with Crippen LogP contribution in [0.2, 0.25) is 0 Å². The van der Waals surface area contributed by atoms with Gasteiger partial charge in [-0.05, 0) is 26.3 Å². The van der Waals surface area contributed by atoms with Crippen LogP contribution in [0.4, 0.5) is 6.01 Å². The van der Waals surface area contributed by atoms with Gasteiger partial charge in [-0.3, -0.25) is 10.1 Å². The summed E-state index contributed by atoms with van der Waals surface area (Å²) in [4.78, 5) is 11.9. The Morgan fingerprint density at radius 1 is 1.53 bits per heavy atom. The second kappa shape index (κ2) is 4.81. The van der Waals surface area contributed by atoms with Gasteiger partial charge in [0.05, 0.1) is 12.2 Å². The second-order valence-electron chi connectivity index (χ2n) is 4.34. The number of hydrogen-bond acceptors (Lipinski definition) is 7. The van der Waals surface area contributed by atoms with Crippen molar-refractivity contribution >= 4 is 11.9 Å². The van der Waals surface area contributed by atoms with Crippen molar-refractivity contribution in [2.75, 3.05) is 11.9 Å². The number of carbonyl (C=O) groups is 1. The molecule has 1 fully saturated rings. The van der Waals surface area contributed by atoms with Gasteiger partial charge in [0.1, 0.15) is 11.3 Å². The molecule has 100 valence electrons. The zero-order valence-electron chi connectivity index (χ0n) is 10.3. The van der Waals surface area contributed by atoms with Gasteiger partial charge in [-0.15, -0.1) is 5.10 Å². The lowest BCUT2D eigenvalue weighted by molar-refractivity contribution is 0.102. The standard InChI is InChI=1S/C11H13N5O3/c1-6-7(5-13-19-6)9(17)14-11-16-15-10(18-11)8-3-2-4-12-8/h5,8,12H,2-4H2,1H3,(H,14,16,17). The third-order valence-electron chi connectivity index (χ3n) is 3.01. The van der Waals surface area contributed by atoms with Gasteiger partial charge < -0.3 is 14.3 Å². The Kier molecular flexibility index (Phi) is 3.00. The fourth-order valence-electron chi connectivity index (χ4n) is 2.00. The van der Waals surface area contributed by atoms with Gasteiger partial charge >= 0.3 is 6.01 Å². The van der Waals surface area contributed by atoms with Crippen LogP contribution >= 0.6 is 0 Å². The van der Waals surface area contributed by atoms with Crippen LogP contribution in [0.1, 0.15) is 40.9 Å². The van der Waals surface area contributed by atoms with E-state index in [0.29, 0.717) is 17.2 Å². The molecule has 1 aliphatic heterocycles. The Morgan fingerprint density at radius 2 is 2.42 bits per heavy atom. The van der Waals surface area contributed by atoms with Crippen LogP contribution in [-0.4, -0.2) is 27.8 Å². The van der Waals surface area contributed by atoms with E-state index in [1.807, 2.05) is 0 Å². The maximum atomic E-state index is 11.9. The van der Waals surface area contributed by atoms with E-state index in [1.165, 1.54) is 6.20 Å². The van der Waals surface area contributed by atoms with Crippen LogP contribution in [0, 0.1) is 6.92 Å². The van der Waals surface area contributed by atoms with Crippen LogP contribution < -0.4 is 10.6 Å². The molecule has 2 aromatic rings. The van der Waals surface area contributed by atoms with Gasteiger partial charge in [0.15, 0.2) is 0 Å². The first-order chi connectivity index (χ1) is 9.24. The van der Waals surface area contributed by atoms with Gasteiger partial charge in [0.2, 0.25) is 5.89 Å². The summed E-state index contributed by atoms with van der Waals surface area (Å²) in [6.07, 6.45) is 3.38. The predicted molar refractivity (Wildman–Crippen MR) is 63.5 cm³/mol. The van der Waals surface area contributed by atoms with E-state index in [4.69, 9.17) is 8.94 Å². The Bertz CT molecular complexity index is 585. The van der Waals surface area contributed by atoms with Crippen molar-refractivity contribution in [2.45, 2.75) is 25.8 Å². The summed E-state index contributed by atoms with van der Waals surface area (Å²) in [6, 6.07) is 0.157. The van der Waals surface area contributed by atoms with Gasteiger partial charge in [-0.1, -0.05) is 10.3 Å². The van der Waals surface area contributed by atoms with E-state index < -0.39 is 0 Å². The van der Waals surface area contributed by atoms with E-state index in [2.05, 4.69) is 26.0 Å². The molecule has 8 heteroatoms. The summed E-state index contributed by atoms with van der Waals surface area (Å²) in [5, 5.41) is 17.0. The minimum atomic E-state index is -0.381. The maximum Gasteiger partial charge on any atom is 0.322 e. The highest BCUT2D eigenvalue weighted by Crippen LogP contribution is 2.23. The fraction of sp³-hybridized carbons (Fsp3) is 0.455. The third kappa shape index (κ3) is 2.34. The molecule has 19 heavy (non-hydrogen) atoms. The number of anilines is 1. The summed E-state index contributed by atoms with van der Waals surface area (Å²) < 4.78 is 10.2. The van der Waals surface area contributed by atoms with Crippen LogP contribution in [0.25, 0.3) is 0 Å². The average Bonchev–Trinajstić information content (AvgIpc) is 3.07. The van der Waals surface area contributed by atoms with Crippen molar-refractivity contribution in [3.05, 3.63) is 23.4 Å². The normalized spacial score (nSPS) is 18.7. The number of amides is 1. The highest BCUT2D eigenvalue weighted by atomic mass is 16.5. The van der Waals surface area contributed by atoms with E-state index in [0.717, 1.165) is 19.4 Å². The first kappa shape index (κ1) is 11.8. The Labute approximate surface area is 108 Å². The van der Waals surface area contributed by atoms with E-state index in [-0.39, 0.29) is 18.0 Å². The molecule has 0 aliphatic carbocycles. The minimum absolute atomic E-state index is 0.0781. The lowest BCUT2D eigenvalue weighted by Gasteiger charge is -2.02. The SMILES string of the molecule is Cc1oncc1C(=O)Nc1nnc(C2CCCN2)o1. The zero-order valence-corrected chi connectivity index (χ0v) is 10.3. The van der Waals surface area contributed by atoms with E-state index >= 15 is 0 Å². The first-order valence-corrected chi connectivity index (χ1v) is 6.03. The Morgan fingerprint density at radius 3 is 3.11 bits per heavy atom. The number of nitrogens with zero attached hydrogens (tertiary/aromatic N) is 3. The molecule has 1 saturated heterocycles. The molecule has 0 bridgehead atoms. The lowest BCUT2D eigenvalue weighted by Crippen LogP contribution is -2.13. The highest BCUT2D eigenvalue weighted by Gasteiger charge is 2.23. The molecule has 0 saturated carbocycles. The van der Waals surface area contributed by atoms with Crippen molar-refractivity contribution in [3.63, 3.8) is 0 Å². The number of rotatable bonds is 3. The van der Waals surface area contributed by atoms with E-state index in [1.54, 1.807) is 6.92 Å². The lowest BCUT2D eigenvalue weighted by atomic mass is 10.2. The summed E-state index contributed by atoms with van der Waals surface area (Å²) in [5.41, 5.74) is 0.346. The molecule has 0 aromatic carbocycles. The molecule has 0 radical (unpaired) electrons. The smallest absolute Gasteiger partial charge is 0.322 e. The number of hydrogen-bond donors (Lipinski definition) is 2. The molecular formula is C11H13N5O3. The predicted octanol–water partition coefficient (Wildman–Crippen LogP) is 1.04. The first-order valence-electron chi connectivity index (χ1n) is 6.03. The number of aryl methyl sites for hydroxylation is 1. The van der Waals surface area contributed by atoms with Gasteiger partial charge in [0, 0.05) is 0 Å². The summed E-state index contributed by atoms with van der Waals surface area (Å²) in [6.45, 7) is 2.60. The zero-order chi connectivity index (χ0) is 13.2. The highest BCUT2D eigenvalue weighted by molar-refractivity contribution is 6.03. The molecule has 0 spiro atoms. The van der Waals surface area contributed by atoms with Crippen molar-refractivity contribution in [1.82, 2.24) is 20.7 Å². The molecule has 2 N–H and O–H groups in total.